The molecule has 94 valence electrons. The van der Waals surface area contributed by atoms with E-state index in [1.807, 2.05) is 0 Å². The molecule has 0 saturated heterocycles. The molecule has 2 atom stereocenters. The number of rotatable bonds is 4. The summed E-state index contributed by atoms with van der Waals surface area (Å²) in [6.45, 7) is 9.29. The van der Waals surface area contributed by atoms with E-state index in [0.29, 0.717) is 12.5 Å². The Labute approximate surface area is 105 Å². The van der Waals surface area contributed by atoms with Crippen LogP contribution in [-0.4, -0.2) is 11.7 Å². The molecule has 1 aliphatic rings. The van der Waals surface area contributed by atoms with Crippen molar-refractivity contribution in [2.45, 2.75) is 46.0 Å². The van der Waals surface area contributed by atoms with Crippen LogP contribution in [0.25, 0.3) is 0 Å². The molecule has 0 bridgehead atoms. The molecule has 1 aromatic carbocycles. The Morgan fingerprint density at radius 3 is 2.06 bits per heavy atom. The predicted molar refractivity (Wildman–Crippen MR) is 72.1 cm³/mol. The fourth-order valence-electron chi connectivity index (χ4n) is 3.87. The van der Waals surface area contributed by atoms with E-state index in [1.165, 1.54) is 11.1 Å². The lowest BCUT2D eigenvalue weighted by atomic mass is 9.85. The Morgan fingerprint density at radius 2 is 1.71 bits per heavy atom. The standard InChI is InChI=1S/C16H24O/c1-5-12-7-9-13(10-8-12)16(6-2)14(11-17)15(16,3)4/h7-10,14,17H,5-6,11H2,1-4H3. The molecule has 0 spiro atoms. The maximum absolute atomic E-state index is 9.57. The fraction of sp³-hybridized carbons (Fsp3) is 0.625. The second-order valence-electron chi connectivity index (χ2n) is 5.83. The van der Waals surface area contributed by atoms with Crippen molar-refractivity contribution in [3.05, 3.63) is 35.4 Å². The minimum absolute atomic E-state index is 0.189. The molecule has 0 aromatic heterocycles. The Hall–Kier alpha value is -0.820. The van der Waals surface area contributed by atoms with Crippen LogP contribution < -0.4 is 0 Å². The first-order valence-corrected chi connectivity index (χ1v) is 6.74. The maximum Gasteiger partial charge on any atom is 0.0473 e. The van der Waals surface area contributed by atoms with E-state index < -0.39 is 0 Å². The van der Waals surface area contributed by atoms with Crippen LogP contribution in [0.5, 0.6) is 0 Å². The number of aliphatic hydroxyl groups excluding tert-OH is 1. The van der Waals surface area contributed by atoms with Gasteiger partial charge in [-0.3, -0.25) is 0 Å². The van der Waals surface area contributed by atoms with Crippen molar-refractivity contribution < 1.29 is 5.11 Å². The van der Waals surface area contributed by atoms with Gasteiger partial charge in [0.2, 0.25) is 0 Å². The lowest BCUT2D eigenvalue weighted by Gasteiger charge is -2.19. The number of hydrogen-bond acceptors (Lipinski definition) is 1. The zero-order valence-corrected chi connectivity index (χ0v) is 11.5. The average molecular weight is 232 g/mol. The molecule has 0 radical (unpaired) electrons. The summed E-state index contributed by atoms with van der Waals surface area (Å²) in [6, 6.07) is 8.99. The monoisotopic (exact) mass is 232 g/mol. The van der Waals surface area contributed by atoms with E-state index in [0.717, 1.165) is 12.8 Å². The molecule has 0 amide bonds. The molecule has 1 N–H and O–H groups in total. The van der Waals surface area contributed by atoms with Gasteiger partial charge in [-0.1, -0.05) is 52.0 Å². The molecule has 1 nitrogen and oxygen atoms in total. The maximum atomic E-state index is 9.57. The minimum Gasteiger partial charge on any atom is -0.396 e. The van der Waals surface area contributed by atoms with Crippen LogP contribution in [0.15, 0.2) is 24.3 Å². The van der Waals surface area contributed by atoms with E-state index in [1.54, 1.807) is 0 Å². The summed E-state index contributed by atoms with van der Waals surface area (Å²) in [5, 5.41) is 9.57. The summed E-state index contributed by atoms with van der Waals surface area (Å²) in [4.78, 5) is 0. The Balaban J connectivity index is 2.37. The second-order valence-corrected chi connectivity index (χ2v) is 5.83. The van der Waals surface area contributed by atoms with E-state index in [4.69, 9.17) is 0 Å². The summed E-state index contributed by atoms with van der Waals surface area (Å²) in [5.41, 5.74) is 3.21. The zero-order chi connectivity index (χ0) is 12.7. The van der Waals surface area contributed by atoms with Crippen molar-refractivity contribution in [2.75, 3.05) is 6.61 Å². The van der Waals surface area contributed by atoms with Crippen LogP contribution in [0, 0.1) is 11.3 Å². The van der Waals surface area contributed by atoms with E-state index in [2.05, 4.69) is 52.0 Å². The largest absolute Gasteiger partial charge is 0.396 e. The molecule has 1 aromatic rings. The Kier molecular flexibility index (Phi) is 3.07. The molecule has 2 unspecified atom stereocenters. The smallest absolute Gasteiger partial charge is 0.0473 e. The molecular weight excluding hydrogens is 208 g/mol. The van der Waals surface area contributed by atoms with Gasteiger partial charge in [0.15, 0.2) is 0 Å². The van der Waals surface area contributed by atoms with E-state index >= 15 is 0 Å². The molecule has 17 heavy (non-hydrogen) atoms. The highest BCUT2D eigenvalue weighted by molar-refractivity contribution is 5.41. The number of aryl methyl sites for hydroxylation is 1. The first-order valence-electron chi connectivity index (χ1n) is 6.74. The SMILES string of the molecule is CCc1ccc(C2(CC)C(CO)C2(C)C)cc1. The van der Waals surface area contributed by atoms with Crippen molar-refractivity contribution in [1.29, 1.82) is 0 Å². The number of benzene rings is 1. The van der Waals surface area contributed by atoms with Gasteiger partial charge in [-0.2, -0.15) is 0 Å². The molecule has 1 aliphatic carbocycles. The van der Waals surface area contributed by atoms with Gasteiger partial charge in [0.05, 0.1) is 0 Å². The third-order valence-electron chi connectivity index (χ3n) is 5.15. The molecule has 0 aliphatic heterocycles. The zero-order valence-electron chi connectivity index (χ0n) is 11.5. The van der Waals surface area contributed by atoms with Gasteiger partial charge in [-0.05, 0) is 35.3 Å². The highest BCUT2D eigenvalue weighted by atomic mass is 16.3. The van der Waals surface area contributed by atoms with E-state index in [-0.39, 0.29) is 10.8 Å². The molecule has 1 fully saturated rings. The highest BCUT2D eigenvalue weighted by Crippen LogP contribution is 2.70. The Bertz CT molecular complexity index is 390. The minimum atomic E-state index is 0.189. The average Bonchev–Trinajstić information content (AvgIpc) is 2.85. The third kappa shape index (κ3) is 1.55. The van der Waals surface area contributed by atoms with Crippen LogP contribution in [0.3, 0.4) is 0 Å². The summed E-state index contributed by atoms with van der Waals surface area (Å²) in [6.07, 6.45) is 2.20. The van der Waals surface area contributed by atoms with Crippen molar-refractivity contribution in [3.8, 4) is 0 Å². The van der Waals surface area contributed by atoms with Gasteiger partial charge in [0, 0.05) is 12.0 Å². The van der Waals surface area contributed by atoms with Crippen LogP contribution in [0.4, 0.5) is 0 Å². The number of hydrogen-bond donors (Lipinski definition) is 1. The summed E-state index contributed by atoms with van der Waals surface area (Å²) in [7, 11) is 0. The van der Waals surface area contributed by atoms with Crippen molar-refractivity contribution in [2.24, 2.45) is 11.3 Å². The summed E-state index contributed by atoms with van der Waals surface area (Å²) < 4.78 is 0. The normalized spacial score (nSPS) is 30.3. The van der Waals surface area contributed by atoms with Crippen molar-refractivity contribution in [1.82, 2.24) is 0 Å². The first-order chi connectivity index (χ1) is 8.04. The molecule has 2 rings (SSSR count). The van der Waals surface area contributed by atoms with Crippen molar-refractivity contribution >= 4 is 0 Å². The number of aliphatic hydroxyl groups is 1. The quantitative estimate of drug-likeness (QED) is 0.841. The van der Waals surface area contributed by atoms with Gasteiger partial charge in [-0.25, -0.2) is 0 Å². The fourth-order valence-corrected chi connectivity index (χ4v) is 3.87. The van der Waals surface area contributed by atoms with Gasteiger partial charge in [-0.15, -0.1) is 0 Å². The van der Waals surface area contributed by atoms with Gasteiger partial charge in [0.25, 0.3) is 0 Å². The van der Waals surface area contributed by atoms with Crippen LogP contribution in [-0.2, 0) is 11.8 Å². The topological polar surface area (TPSA) is 20.2 Å². The van der Waals surface area contributed by atoms with Gasteiger partial charge >= 0.3 is 0 Å². The van der Waals surface area contributed by atoms with Gasteiger partial charge in [0.1, 0.15) is 0 Å². The van der Waals surface area contributed by atoms with Crippen LogP contribution in [0.1, 0.15) is 45.2 Å². The molecule has 1 saturated carbocycles. The lowest BCUT2D eigenvalue weighted by molar-refractivity contribution is 0.252. The van der Waals surface area contributed by atoms with Crippen LogP contribution >= 0.6 is 0 Å². The predicted octanol–water partition coefficient (Wildman–Crippen LogP) is 3.55. The van der Waals surface area contributed by atoms with Gasteiger partial charge < -0.3 is 5.11 Å². The Morgan fingerprint density at radius 1 is 1.12 bits per heavy atom. The summed E-state index contributed by atoms with van der Waals surface area (Å²) >= 11 is 0. The molecule has 0 heterocycles. The second kappa shape index (κ2) is 4.13. The molecule has 1 heteroatoms. The van der Waals surface area contributed by atoms with Crippen LogP contribution in [0.2, 0.25) is 0 Å². The van der Waals surface area contributed by atoms with Crippen molar-refractivity contribution in [3.63, 3.8) is 0 Å². The highest BCUT2D eigenvalue weighted by Gasteiger charge is 2.69. The van der Waals surface area contributed by atoms with E-state index in [9.17, 15) is 5.11 Å². The summed E-state index contributed by atoms with van der Waals surface area (Å²) in [5.74, 6) is 0.410. The molecular formula is C16H24O. The third-order valence-corrected chi connectivity index (χ3v) is 5.15. The lowest BCUT2D eigenvalue weighted by Crippen LogP contribution is -2.14. The first kappa shape index (κ1) is 12.6.